The molecule has 1 heterocycles. The van der Waals surface area contributed by atoms with Crippen molar-refractivity contribution in [2.75, 3.05) is 13.1 Å². The maximum atomic E-state index is 11.9. The van der Waals surface area contributed by atoms with E-state index in [1.54, 1.807) is 11.8 Å². The third-order valence-corrected chi connectivity index (χ3v) is 2.92. The minimum Gasteiger partial charge on any atom is -0.409 e. The third kappa shape index (κ3) is 2.61. The van der Waals surface area contributed by atoms with E-state index in [-0.39, 0.29) is 17.2 Å². The molecule has 1 unspecified atom stereocenters. The molecular formula is C10H19N3O2. The largest absolute Gasteiger partial charge is 0.409 e. The summed E-state index contributed by atoms with van der Waals surface area (Å²) in [6.45, 7) is 7.43. The van der Waals surface area contributed by atoms with Gasteiger partial charge in [-0.1, -0.05) is 19.0 Å². The number of hydrogen-bond acceptors (Lipinski definition) is 3. The molecule has 15 heavy (non-hydrogen) atoms. The molecule has 86 valence electrons. The Bertz CT molecular complexity index is 286. The van der Waals surface area contributed by atoms with Crippen LogP contribution in [0.3, 0.4) is 0 Å². The second-order valence-corrected chi connectivity index (χ2v) is 4.92. The highest BCUT2D eigenvalue weighted by atomic mass is 16.4. The monoisotopic (exact) mass is 213 g/mol. The maximum absolute atomic E-state index is 11.9. The van der Waals surface area contributed by atoms with Gasteiger partial charge in [-0.05, 0) is 18.8 Å². The number of hydrogen-bond donors (Lipinski definition) is 2. The predicted octanol–water partition coefficient (Wildman–Crippen LogP) is 0.627. The summed E-state index contributed by atoms with van der Waals surface area (Å²) in [6.07, 6.45) is 1.00. The molecule has 0 aromatic rings. The van der Waals surface area contributed by atoms with Gasteiger partial charge in [-0.2, -0.15) is 0 Å². The second kappa shape index (κ2) is 4.08. The van der Waals surface area contributed by atoms with E-state index in [1.165, 1.54) is 0 Å². The molecule has 0 spiro atoms. The lowest BCUT2D eigenvalue weighted by molar-refractivity contribution is -0.132. The van der Waals surface area contributed by atoms with Gasteiger partial charge in [0.2, 0.25) is 5.91 Å². The second-order valence-electron chi connectivity index (χ2n) is 4.92. The van der Waals surface area contributed by atoms with Gasteiger partial charge >= 0.3 is 0 Å². The number of rotatable bonds is 2. The highest BCUT2D eigenvalue weighted by molar-refractivity contribution is 6.01. The van der Waals surface area contributed by atoms with E-state index in [0.29, 0.717) is 0 Å². The van der Waals surface area contributed by atoms with E-state index in [0.717, 1.165) is 19.5 Å². The van der Waals surface area contributed by atoms with E-state index < -0.39 is 5.92 Å². The third-order valence-electron chi connectivity index (χ3n) is 2.92. The van der Waals surface area contributed by atoms with Crippen LogP contribution in [0.15, 0.2) is 5.16 Å². The van der Waals surface area contributed by atoms with Crippen molar-refractivity contribution >= 4 is 11.7 Å². The number of carbonyl (C=O) groups is 1. The number of likely N-dealkylation sites (tertiary alicyclic amines) is 1. The van der Waals surface area contributed by atoms with E-state index in [9.17, 15) is 4.79 Å². The molecule has 1 rings (SSSR count). The number of carbonyl (C=O) groups excluding carboxylic acids is 1. The van der Waals surface area contributed by atoms with Crippen molar-refractivity contribution in [3.63, 3.8) is 0 Å². The van der Waals surface area contributed by atoms with E-state index in [2.05, 4.69) is 19.0 Å². The standard InChI is InChI=1S/C10H19N3O2/c1-7(8(11)12-15)9(14)13-5-4-10(2,3)6-13/h7,15H,4-6H2,1-3H3,(H2,11,12). The normalized spacial score (nSPS) is 22.9. The summed E-state index contributed by atoms with van der Waals surface area (Å²) in [6, 6.07) is 0. The van der Waals surface area contributed by atoms with Crippen LogP contribution in [0.4, 0.5) is 0 Å². The van der Waals surface area contributed by atoms with Gasteiger partial charge in [-0.25, -0.2) is 0 Å². The fourth-order valence-corrected chi connectivity index (χ4v) is 1.79. The van der Waals surface area contributed by atoms with Gasteiger partial charge in [0.05, 0.1) is 5.92 Å². The van der Waals surface area contributed by atoms with Crippen LogP contribution in [0, 0.1) is 11.3 Å². The Morgan fingerprint density at radius 1 is 1.60 bits per heavy atom. The summed E-state index contributed by atoms with van der Waals surface area (Å²) < 4.78 is 0. The van der Waals surface area contributed by atoms with Gasteiger partial charge < -0.3 is 15.8 Å². The first-order valence-corrected chi connectivity index (χ1v) is 5.13. The van der Waals surface area contributed by atoms with Crippen LogP contribution < -0.4 is 5.73 Å². The maximum Gasteiger partial charge on any atom is 0.233 e. The first kappa shape index (κ1) is 11.8. The van der Waals surface area contributed by atoms with Crippen molar-refractivity contribution in [2.24, 2.45) is 22.2 Å². The van der Waals surface area contributed by atoms with Crippen molar-refractivity contribution in [2.45, 2.75) is 27.2 Å². The lowest BCUT2D eigenvalue weighted by Gasteiger charge is -2.22. The Morgan fingerprint density at radius 2 is 2.20 bits per heavy atom. The summed E-state index contributed by atoms with van der Waals surface area (Å²) >= 11 is 0. The molecule has 0 aromatic heterocycles. The van der Waals surface area contributed by atoms with E-state index in [1.807, 2.05) is 0 Å². The molecule has 3 N–H and O–H groups in total. The minimum absolute atomic E-state index is 0.0234. The first-order chi connectivity index (χ1) is 6.87. The molecule has 0 radical (unpaired) electrons. The van der Waals surface area contributed by atoms with Crippen LogP contribution in [0.25, 0.3) is 0 Å². The molecule has 1 fully saturated rings. The minimum atomic E-state index is -0.538. The smallest absolute Gasteiger partial charge is 0.233 e. The average molecular weight is 213 g/mol. The molecule has 1 atom stereocenters. The van der Waals surface area contributed by atoms with Gasteiger partial charge in [-0.15, -0.1) is 0 Å². The van der Waals surface area contributed by atoms with Gasteiger partial charge in [0.1, 0.15) is 0 Å². The fourth-order valence-electron chi connectivity index (χ4n) is 1.79. The van der Waals surface area contributed by atoms with Crippen molar-refractivity contribution in [3.8, 4) is 0 Å². The van der Waals surface area contributed by atoms with Crippen LogP contribution in [-0.4, -0.2) is 34.9 Å². The number of nitrogens with zero attached hydrogens (tertiary/aromatic N) is 2. The van der Waals surface area contributed by atoms with E-state index in [4.69, 9.17) is 10.9 Å². The average Bonchev–Trinajstić information content (AvgIpc) is 2.55. The zero-order valence-corrected chi connectivity index (χ0v) is 9.53. The fraction of sp³-hybridized carbons (Fsp3) is 0.800. The molecule has 0 bridgehead atoms. The van der Waals surface area contributed by atoms with Crippen LogP contribution in [0.2, 0.25) is 0 Å². The summed E-state index contributed by atoms with van der Waals surface area (Å²) in [7, 11) is 0. The molecule has 1 amide bonds. The van der Waals surface area contributed by atoms with Crippen LogP contribution in [0.1, 0.15) is 27.2 Å². The van der Waals surface area contributed by atoms with Gasteiger partial charge in [0.15, 0.2) is 5.84 Å². The molecule has 1 saturated heterocycles. The Labute approximate surface area is 89.9 Å². The Hall–Kier alpha value is -1.26. The lowest BCUT2D eigenvalue weighted by Crippen LogP contribution is -2.40. The lowest BCUT2D eigenvalue weighted by atomic mass is 9.93. The first-order valence-electron chi connectivity index (χ1n) is 5.13. The van der Waals surface area contributed by atoms with Gasteiger partial charge in [0.25, 0.3) is 0 Å². The zero-order valence-electron chi connectivity index (χ0n) is 9.53. The van der Waals surface area contributed by atoms with Crippen molar-refractivity contribution in [1.82, 2.24) is 4.90 Å². The summed E-state index contributed by atoms with van der Waals surface area (Å²) in [5.41, 5.74) is 5.59. The van der Waals surface area contributed by atoms with Crippen molar-refractivity contribution in [3.05, 3.63) is 0 Å². The van der Waals surface area contributed by atoms with Crippen LogP contribution in [0.5, 0.6) is 0 Å². The van der Waals surface area contributed by atoms with Gasteiger partial charge in [0, 0.05) is 13.1 Å². The van der Waals surface area contributed by atoms with Crippen LogP contribution >= 0.6 is 0 Å². The summed E-state index contributed by atoms with van der Waals surface area (Å²) in [5, 5.41) is 11.4. The molecule has 5 heteroatoms. The molecule has 1 aliphatic rings. The highest BCUT2D eigenvalue weighted by Gasteiger charge is 2.34. The molecule has 0 aromatic carbocycles. The van der Waals surface area contributed by atoms with Crippen molar-refractivity contribution < 1.29 is 10.0 Å². The quantitative estimate of drug-likeness (QED) is 0.305. The van der Waals surface area contributed by atoms with Gasteiger partial charge in [-0.3, -0.25) is 4.79 Å². The van der Waals surface area contributed by atoms with Crippen molar-refractivity contribution in [1.29, 1.82) is 0 Å². The Balaban J connectivity index is 2.63. The zero-order chi connectivity index (χ0) is 11.6. The molecule has 5 nitrogen and oxygen atoms in total. The summed E-state index contributed by atoms with van der Waals surface area (Å²) in [5.74, 6) is -0.621. The number of nitrogens with two attached hydrogens (primary N) is 1. The SMILES string of the molecule is CC(C(=O)N1CCC(C)(C)C1)C(N)=NO. The number of amides is 1. The summed E-state index contributed by atoms with van der Waals surface area (Å²) in [4.78, 5) is 13.7. The molecule has 0 saturated carbocycles. The van der Waals surface area contributed by atoms with E-state index >= 15 is 0 Å². The predicted molar refractivity (Wildman–Crippen MR) is 57.6 cm³/mol. The highest BCUT2D eigenvalue weighted by Crippen LogP contribution is 2.29. The molecular weight excluding hydrogens is 194 g/mol. The molecule has 0 aliphatic carbocycles. The number of amidine groups is 1. The Kier molecular flexibility index (Phi) is 3.21. The molecule has 1 aliphatic heterocycles. The number of oxime groups is 1. The topological polar surface area (TPSA) is 78.9 Å². The van der Waals surface area contributed by atoms with Crippen LogP contribution in [-0.2, 0) is 4.79 Å². The Morgan fingerprint density at radius 3 is 2.60 bits per heavy atom.